The molecule has 0 amide bonds. The van der Waals surface area contributed by atoms with Gasteiger partial charge in [0.05, 0.1) is 6.61 Å². The van der Waals surface area contributed by atoms with Crippen molar-refractivity contribution in [1.82, 2.24) is 5.32 Å². The Morgan fingerprint density at radius 2 is 2.06 bits per heavy atom. The fraction of sp³-hybridized carbons (Fsp3) is 0.400. The summed E-state index contributed by atoms with van der Waals surface area (Å²) in [4.78, 5) is 0. The highest BCUT2D eigenvalue weighted by molar-refractivity contribution is 7.80. The van der Waals surface area contributed by atoms with Crippen molar-refractivity contribution >= 4 is 10.4 Å². The highest BCUT2D eigenvalue weighted by atomic mass is 32.3. The van der Waals surface area contributed by atoms with Crippen molar-refractivity contribution in [2.75, 3.05) is 6.61 Å². The van der Waals surface area contributed by atoms with Crippen LogP contribution in [0.25, 0.3) is 0 Å². The van der Waals surface area contributed by atoms with Crippen molar-refractivity contribution in [3.8, 4) is 0 Å². The van der Waals surface area contributed by atoms with E-state index in [-0.39, 0.29) is 12.6 Å². The molecule has 1 aliphatic heterocycles. The summed E-state index contributed by atoms with van der Waals surface area (Å²) >= 11 is 0. The number of benzene rings is 1. The standard InChI is InChI=1S/C10H13NO4S/c12-16(13,14)15-7-10-5-8-3-1-2-4-9(8)6-11-10/h1-4,10-11H,5-7H2,(H,12,13,14)/t10-/m0/s1. The first-order valence-electron chi connectivity index (χ1n) is 4.96. The zero-order valence-electron chi connectivity index (χ0n) is 8.59. The Hall–Kier alpha value is -0.950. The van der Waals surface area contributed by atoms with Crippen LogP contribution in [0, 0.1) is 0 Å². The first-order valence-corrected chi connectivity index (χ1v) is 6.33. The first kappa shape index (κ1) is 11.5. The van der Waals surface area contributed by atoms with Crippen molar-refractivity contribution < 1.29 is 17.2 Å². The van der Waals surface area contributed by atoms with Gasteiger partial charge in [-0.3, -0.25) is 4.55 Å². The van der Waals surface area contributed by atoms with Gasteiger partial charge in [-0.2, -0.15) is 8.42 Å². The third kappa shape index (κ3) is 3.02. The van der Waals surface area contributed by atoms with Crippen LogP contribution in [0.3, 0.4) is 0 Å². The van der Waals surface area contributed by atoms with Crippen molar-refractivity contribution in [1.29, 1.82) is 0 Å². The molecule has 1 aromatic rings. The van der Waals surface area contributed by atoms with Crippen LogP contribution >= 0.6 is 0 Å². The minimum atomic E-state index is -4.34. The van der Waals surface area contributed by atoms with Crippen LogP contribution in [-0.4, -0.2) is 25.6 Å². The second kappa shape index (κ2) is 4.50. The summed E-state index contributed by atoms with van der Waals surface area (Å²) in [5.74, 6) is 0. The second-order valence-electron chi connectivity index (χ2n) is 3.76. The highest BCUT2D eigenvalue weighted by Gasteiger charge is 2.19. The number of rotatable bonds is 3. The molecule has 0 aromatic heterocycles. The van der Waals surface area contributed by atoms with Gasteiger partial charge in [0.1, 0.15) is 0 Å². The zero-order valence-corrected chi connectivity index (χ0v) is 9.40. The monoisotopic (exact) mass is 243 g/mol. The van der Waals surface area contributed by atoms with Crippen molar-refractivity contribution in [2.45, 2.75) is 19.0 Å². The summed E-state index contributed by atoms with van der Waals surface area (Å²) in [6.45, 7) is 0.642. The van der Waals surface area contributed by atoms with Gasteiger partial charge in [0.25, 0.3) is 0 Å². The van der Waals surface area contributed by atoms with E-state index in [4.69, 9.17) is 4.55 Å². The Morgan fingerprint density at radius 1 is 1.38 bits per heavy atom. The summed E-state index contributed by atoms with van der Waals surface area (Å²) < 4.78 is 33.7. The van der Waals surface area contributed by atoms with E-state index in [1.165, 1.54) is 11.1 Å². The zero-order chi connectivity index (χ0) is 11.6. The van der Waals surface area contributed by atoms with E-state index in [1.54, 1.807) is 0 Å². The molecule has 16 heavy (non-hydrogen) atoms. The number of nitrogens with one attached hydrogen (secondary N) is 1. The van der Waals surface area contributed by atoms with Crippen molar-refractivity contribution in [3.63, 3.8) is 0 Å². The molecule has 6 heteroatoms. The van der Waals surface area contributed by atoms with E-state index in [9.17, 15) is 8.42 Å². The maximum atomic E-state index is 10.4. The SMILES string of the molecule is O=S(=O)(O)OC[C@@H]1Cc2ccccc2CN1. The summed E-state index contributed by atoms with van der Waals surface area (Å²) in [7, 11) is -4.34. The normalized spacial score (nSPS) is 20.4. The third-order valence-electron chi connectivity index (χ3n) is 2.58. The molecule has 5 nitrogen and oxygen atoms in total. The van der Waals surface area contributed by atoms with Crippen LogP contribution in [0.4, 0.5) is 0 Å². The molecule has 0 fully saturated rings. The lowest BCUT2D eigenvalue weighted by atomic mass is 9.96. The van der Waals surface area contributed by atoms with Crippen molar-refractivity contribution in [3.05, 3.63) is 35.4 Å². The Morgan fingerprint density at radius 3 is 2.75 bits per heavy atom. The molecule has 1 aromatic carbocycles. The van der Waals surface area contributed by atoms with Gasteiger partial charge in [0.2, 0.25) is 0 Å². The molecule has 0 spiro atoms. The average Bonchev–Trinajstić information content (AvgIpc) is 2.25. The fourth-order valence-electron chi connectivity index (χ4n) is 1.81. The van der Waals surface area contributed by atoms with Gasteiger partial charge < -0.3 is 5.32 Å². The quantitative estimate of drug-likeness (QED) is 0.757. The maximum absolute atomic E-state index is 10.4. The molecule has 0 radical (unpaired) electrons. The van der Waals surface area contributed by atoms with Gasteiger partial charge in [0, 0.05) is 12.6 Å². The smallest absolute Gasteiger partial charge is 0.307 e. The van der Waals surface area contributed by atoms with Gasteiger partial charge in [-0.05, 0) is 17.5 Å². The lowest BCUT2D eigenvalue weighted by Gasteiger charge is -2.25. The van der Waals surface area contributed by atoms with E-state index in [0.29, 0.717) is 13.0 Å². The Kier molecular flexibility index (Phi) is 3.25. The molecule has 2 N–H and O–H groups in total. The topological polar surface area (TPSA) is 75.6 Å². The summed E-state index contributed by atoms with van der Waals surface area (Å²) in [5, 5.41) is 3.15. The number of hydrogen-bond acceptors (Lipinski definition) is 4. The van der Waals surface area contributed by atoms with Gasteiger partial charge in [-0.1, -0.05) is 24.3 Å². The molecule has 88 valence electrons. The minimum absolute atomic E-state index is 0.0484. The lowest BCUT2D eigenvalue weighted by molar-refractivity contribution is 0.229. The van der Waals surface area contributed by atoms with Crippen LogP contribution in [0.5, 0.6) is 0 Å². The number of fused-ring (bicyclic) bond motifs is 1. The first-order chi connectivity index (χ1) is 7.54. The van der Waals surface area contributed by atoms with Gasteiger partial charge in [0.15, 0.2) is 0 Å². The third-order valence-corrected chi connectivity index (χ3v) is 3.02. The van der Waals surface area contributed by atoms with Gasteiger partial charge >= 0.3 is 10.4 Å². The molecule has 1 atom stereocenters. The molecule has 1 aliphatic rings. The molecule has 1 heterocycles. The van der Waals surface area contributed by atoms with E-state index in [2.05, 4.69) is 9.50 Å². The molecule has 0 aliphatic carbocycles. The van der Waals surface area contributed by atoms with Gasteiger partial charge in [-0.15, -0.1) is 0 Å². The van der Waals surface area contributed by atoms with Crippen LogP contribution < -0.4 is 5.32 Å². The minimum Gasteiger partial charge on any atom is -0.307 e. The summed E-state index contributed by atoms with van der Waals surface area (Å²) in [6.07, 6.45) is 0.700. The molecule has 0 saturated heterocycles. The van der Waals surface area contributed by atoms with E-state index < -0.39 is 10.4 Å². The van der Waals surface area contributed by atoms with Crippen LogP contribution in [0.2, 0.25) is 0 Å². The van der Waals surface area contributed by atoms with E-state index in [1.807, 2.05) is 24.3 Å². The van der Waals surface area contributed by atoms with Crippen LogP contribution in [-0.2, 0) is 27.5 Å². The fourth-order valence-corrected chi connectivity index (χ4v) is 2.14. The Balaban J connectivity index is 1.98. The van der Waals surface area contributed by atoms with Gasteiger partial charge in [-0.25, -0.2) is 4.18 Å². The molecular formula is C10H13NO4S. The Bertz CT molecular complexity index is 471. The molecular weight excluding hydrogens is 230 g/mol. The molecule has 2 rings (SSSR count). The summed E-state index contributed by atoms with van der Waals surface area (Å²) in [6, 6.07) is 7.87. The van der Waals surface area contributed by atoms with Crippen LogP contribution in [0.15, 0.2) is 24.3 Å². The maximum Gasteiger partial charge on any atom is 0.397 e. The Labute approximate surface area is 94.4 Å². The predicted molar refractivity (Wildman–Crippen MR) is 58.3 cm³/mol. The van der Waals surface area contributed by atoms with Crippen LogP contribution in [0.1, 0.15) is 11.1 Å². The average molecular weight is 243 g/mol. The van der Waals surface area contributed by atoms with E-state index in [0.717, 1.165) is 0 Å². The molecule has 0 unspecified atom stereocenters. The predicted octanol–water partition coefficient (Wildman–Crippen LogP) is 0.520. The van der Waals surface area contributed by atoms with Crippen molar-refractivity contribution in [2.24, 2.45) is 0 Å². The molecule has 0 saturated carbocycles. The highest BCUT2D eigenvalue weighted by Crippen LogP contribution is 2.16. The summed E-state index contributed by atoms with van der Waals surface area (Å²) in [5.41, 5.74) is 2.40. The number of hydrogen-bond donors (Lipinski definition) is 2. The lowest BCUT2D eigenvalue weighted by Crippen LogP contribution is -2.39. The molecule has 0 bridgehead atoms. The largest absolute Gasteiger partial charge is 0.397 e. The van der Waals surface area contributed by atoms with E-state index >= 15 is 0 Å². The second-order valence-corrected chi connectivity index (χ2v) is 4.85.